The number of halogens is 1. The highest BCUT2D eigenvalue weighted by atomic mass is 35.5. The fourth-order valence-electron chi connectivity index (χ4n) is 2.33. The lowest BCUT2D eigenvalue weighted by molar-refractivity contribution is 0.582. The van der Waals surface area contributed by atoms with Gasteiger partial charge < -0.3 is 5.73 Å². The van der Waals surface area contributed by atoms with Gasteiger partial charge in [0.05, 0.1) is 0 Å². The average Bonchev–Trinajstić information content (AvgIpc) is 2.46. The number of hydrogen-bond donors (Lipinski definition) is 1. The molecule has 2 nitrogen and oxygen atoms in total. The third-order valence-corrected chi connectivity index (χ3v) is 3.76. The Morgan fingerprint density at radius 1 is 1.11 bits per heavy atom. The van der Waals surface area contributed by atoms with Gasteiger partial charge in [0.15, 0.2) is 0 Å². The molecule has 0 aliphatic heterocycles. The summed E-state index contributed by atoms with van der Waals surface area (Å²) in [6.45, 7) is 0.697. The van der Waals surface area contributed by atoms with Gasteiger partial charge in [-0.3, -0.25) is 4.98 Å². The van der Waals surface area contributed by atoms with Gasteiger partial charge in [0.2, 0.25) is 0 Å². The van der Waals surface area contributed by atoms with E-state index in [9.17, 15) is 0 Å². The zero-order valence-electron chi connectivity index (χ0n) is 10.9. The van der Waals surface area contributed by atoms with Gasteiger partial charge in [0.25, 0.3) is 0 Å². The van der Waals surface area contributed by atoms with Gasteiger partial charge in [-0.05, 0) is 55.0 Å². The maximum absolute atomic E-state index is 6.19. The second-order valence-electron chi connectivity index (χ2n) is 4.69. The monoisotopic (exact) mass is 274 g/mol. The van der Waals surface area contributed by atoms with Gasteiger partial charge in [-0.2, -0.15) is 0 Å². The normalized spacial score (nSPS) is 12.3. The van der Waals surface area contributed by atoms with Crippen LogP contribution in [0.2, 0.25) is 5.02 Å². The predicted octanol–water partition coefficient (Wildman–Crippen LogP) is 3.80. The summed E-state index contributed by atoms with van der Waals surface area (Å²) in [7, 11) is 0. The summed E-state index contributed by atoms with van der Waals surface area (Å²) in [5.41, 5.74) is 8.19. The molecule has 1 heterocycles. The fraction of sp³-hybridized carbons (Fsp3) is 0.312. The average molecular weight is 275 g/mol. The van der Waals surface area contributed by atoms with Crippen molar-refractivity contribution in [3.05, 3.63) is 64.9 Å². The van der Waals surface area contributed by atoms with Gasteiger partial charge in [-0.1, -0.05) is 35.9 Å². The van der Waals surface area contributed by atoms with Crippen molar-refractivity contribution < 1.29 is 0 Å². The Morgan fingerprint density at radius 3 is 2.63 bits per heavy atom. The summed E-state index contributed by atoms with van der Waals surface area (Å²) in [5.74, 6) is 0.454. The van der Waals surface area contributed by atoms with Crippen molar-refractivity contribution in [1.82, 2.24) is 4.98 Å². The molecule has 0 fully saturated rings. The number of aromatic nitrogens is 1. The Labute approximate surface area is 119 Å². The molecule has 0 aliphatic carbocycles. The van der Waals surface area contributed by atoms with Gasteiger partial charge in [0, 0.05) is 17.4 Å². The molecule has 3 heteroatoms. The van der Waals surface area contributed by atoms with Crippen LogP contribution >= 0.6 is 11.6 Å². The van der Waals surface area contributed by atoms with Crippen molar-refractivity contribution in [3.63, 3.8) is 0 Å². The van der Waals surface area contributed by atoms with Crippen LogP contribution in [0.15, 0.2) is 48.8 Å². The minimum atomic E-state index is 0.454. The predicted molar refractivity (Wildman–Crippen MR) is 80.4 cm³/mol. The standard InChI is InChI=1S/C16H19ClN2/c17-16-6-2-1-4-14(16)8-7-13(9-10-18)15-5-3-11-19-12-15/h1-6,11-13H,7-10,18H2. The van der Waals surface area contributed by atoms with Crippen molar-refractivity contribution in [2.45, 2.75) is 25.2 Å². The second-order valence-corrected chi connectivity index (χ2v) is 5.10. The van der Waals surface area contributed by atoms with Crippen LogP contribution < -0.4 is 5.73 Å². The summed E-state index contributed by atoms with van der Waals surface area (Å²) in [5, 5.41) is 0.847. The van der Waals surface area contributed by atoms with Crippen LogP contribution in [0.25, 0.3) is 0 Å². The SMILES string of the molecule is NCCC(CCc1ccccc1Cl)c1cccnc1. The molecule has 0 saturated heterocycles. The number of benzene rings is 1. The second kappa shape index (κ2) is 7.27. The molecule has 1 unspecified atom stereocenters. The topological polar surface area (TPSA) is 38.9 Å². The first-order chi connectivity index (χ1) is 9.31. The van der Waals surface area contributed by atoms with E-state index in [1.807, 2.05) is 30.5 Å². The van der Waals surface area contributed by atoms with Crippen molar-refractivity contribution in [2.75, 3.05) is 6.54 Å². The first-order valence-corrected chi connectivity index (χ1v) is 7.02. The molecule has 2 aromatic rings. The molecule has 0 amide bonds. The maximum atomic E-state index is 6.19. The molecule has 0 bridgehead atoms. The molecule has 0 spiro atoms. The Morgan fingerprint density at radius 2 is 1.95 bits per heavy atom. The van der Waals surface area contributed by atoms with Crippen molar-refractivity contribution in [1.29, 1.82) is 0 Å². The van der Waals surface area contributed by atoms with Gasteiger partial charge in [0.1, 0.15) is 0 Å². The number of nitrogens with zero attached hydrogens (tertiary/aromatic N) is 1. The summed E-state index contributed by atoms with van der Waals surface area (Å²) in [6.07, 6.45) is 6.74. The molecular formula is C16H19ClN2. The quantitative estimate of drug-likeness (QED) is 0.870. The first-order valence-electron chi connectivity index (χ1n) is 6.64. The number of pyridine rings is 1. The maximum Gasteiger partial charge on any atom is 0.0437 e. The molecule has 2 rings (SSSR count). The summed E-state index contributed by atoms with van der Waals surface area (Å²) < 4.78 is 0. The highest BCUT2D eigenvalue weighted by Crippen LogP contribution is 2.26. The van der Waals surface area contributed by atoms with Crippen LogP contribution in [0.5, 0.6) is 0 Å². The Hall–Kier alpha value is -1.38. The molecule has 1 aromatic heterocycles. The van der Waals surface area contributed by atoms with Crippen molar-refractivity contribution in [2.24, 2.45) is 5.73 Å². The van der Waals surface area contributed by atoms with Crippen LogP contribution in [0.1, 0.15) is 29.9 Å². The minimum Gasteiger partial charge on any atom is -0.330 e. The molecule has 2 N–H and O–H groups in total. The Balaban J connectivity index is 2.04. The fourth-order valence-corrected chi connectivity index (χ4v) is 2.56. The van der Waals surface area contributed by atoms with E-state index in [-0.39, 0.29) is 0 Å². The van der Waals surface area contributed by atoms with Gasteiger partial charge in [-0.25, -0.2) is 0 Å². The van der Waals surface area contributed by atoms with Crippen LogP contribution in [-0.4, -0.2) is 11.5 Å². The molecule has 1 atom stereocenters. The van der Waals surface area contributed by atoms with E-state index in [1.165, 1.54) is 11.1 Å². The largest absolute Gasteiger partial charge is 0.330 e. The summed E-state index contributed by atoms with van der Waals surface area (Å²) in [6, 6.07) is 12.1. The molecule has 0 saturated carbocycles. The van der Waals surface area contributed by atoms with Gasteiger partial charge >= 0.3 is 0 Å². The molecule has 0 aliphatic rings. The minimum absolute atomic E-state index is 0.454. The van der Waals surface area contributed by atoms with E-state index < -0.39 is 0 Å². The lowest BCUT2D eigenvalue weighted by Gasteiger charge is -2.16. The highest BCUT2D eigenvalue weighted by Gasteiger charge is 2.11. The smallest absolute Gasteiger partial charge is 0.0437 e. The number of aryl methyl sites for hydroxylation is 1. The van der Waals surface area contributed by atoms with Gasteiger partial charge in [-0.15, -0.1) is 0 Å². The van der Waals surface area contributed by atoms with Crippen LogP contribution in [-0.2, 0) is 6.42 Å². The lowest BCUT2D eigenvalue weighted by Crippen LogP contribution is -2.09. The molecule has 0 radical (unpaired) electrons. The van der Waals surface area contributed by atoms with Crippen LogP contribution in [0.4, 0.5) is 0 Å². The highest BCUT2D eigenvalue weighted by molar-refractivity contribution is 6.31. The third kappa shape index (κ3) is 4.05. The number of nitrogens with two attached hydrogens (primary N) is 1. The molecule has 1 aromatic carbocycles. The third-order valence-electron chi connectivity index (χ3n) is 3.39. The lowest BCUT2D eigenvalue weighted by atomic mass is 9.91. The number of rotatable bonds is 6. The molecule has 100 valence electrons. The summed E-state index contributed by atoms with van der Waals surface area (Å²) >= 11 is 6.19. The van der Waals surface area contributed by atoms with E-state index in [0.717, 1.165) is 24.3 Å². The first kappa shape index (κ1) is 14.0. The van der Waals surface area contributed by atoms with Crippen LogP contribution in [0.3, 0.4) is 0 Å². The zero-order chi connectivity index (χ0) is 13.5. The van der Waals surface area contributed by atoms with E-state index >= 15 is 0 Å². The Kier molecular flexibility index (Phi) is 5.37. The van der Waals surface area contributed by atoms with Crippen molar-refractivity contribution in [3.8, 4) is 0 Å². The van der Waals surface area contributed by atoms with E-state index in [4.69, 9.17) is 17.3 Å². The summed E-state index contributed by atoms with van der Waals surface area (Å²) in [4.78, 5) is 4.19. The van der Waals surface area contributed by atoms with E-state index in [0.29, 0.717) is 12.5 Å². The van der Waals surface area contributed by atoms with Crippen LogP contribution in [0, 0.1) is 0 Å². The number of hydrogen-bond acceptors (Lipinski definition) is 2. The van der Waals surface area contributed by atoms with Crippen molar-refractivity contribution >= 4 is 11.6 Å². The zero-order valence-corrected chi connectivity index (χ0v) is 11.7. The molecular weight excluding hydrogens is 256 g/mol. The van der Waals surface area contributed by atoms with E-state index in [1.54, 1.807) is 6.20 Å². The van der Waals surface area contributed by atoms with E-state index in [2.05, 4.69) is 17.1 Å². The Bertz CT molecular complexity index is 499. The molecule has 19 heavy (non-hydrogen) atoms.